The average Bonchev–Trinajstić information content (AvgIpc) is 3.43. The highest BCUT2D eigenvalue weighted by atomic mass is 32.2. The van der Waals surface area contributed by atoms with Gasteiger partial charge in [-0.25, -0.2) is 23.2 Å². The van der Waals surface area contributed by atoms with Crippen LogP contribution in [-0.2, 0) is 17.1 Å². The molecule has 2 aliphatic heterocycles. The van der Waals surface area contributed by atoms with Gasteiger partial charge in [-0.2, -0.15) is 4.31 Å². The number of anilines is 2. The zero-order valence-electron chi connectivity index (χ0n) is 17.3. The maximum atomic E-state index is 13.2. The zero-order chi connectivity index (χ0) is 21.6. The lowest BCUT2D eigenvalue weighted by Crippen LogP contribution is -2.49. The average molecular weight is 445 g/mol. The monoisotopic (exact) mass is 444 g/mol. The Labute approximate surface area is 179 Å². The largest absolute Gasteiger partial charge is 0.419 e. The van der Waals surface area contributed by atoms with Gasteiger partial charge in [0.05, 0.1) is 10.4 Å². The van der Waals surface area contributed by atoms with Crippen molar-refractivity contribution in [2.75, 3.05) is 49.1 Å². The smallest absolute Gasteiger partial charge is 0.408 e. The van der Waals surface area contributed by atoms with Crippen LogP contribution in [0.2, 0.25) is 0 Å². The highest BCUT2D eigenvalue weighted by Crippen LogP contribution is 2.25. The lowest BCUT2D eigenvalue weighted by molar-refractivity contribution is 0.384. The first kappa shape index (κ1) is 20.0. The molecule has 0 bridgehead atoms. The highest BCUT2D eigenvalue weighted by Gasteiger charge is 2.30. The molecule has 10 nitrogen and oxygen atoms in total. The van der Waals surface area contributed by atoms with Gasteiger partial charge in [-0.1, -0.05) is 0 Å². The van der Waals surface area contributed by atoms with Gasteiger partial charge in [0.15, 0.2) is 5.58 Å². The maximum absolute atomic E-state index is 13.2. The second-order valence-corrected chi connectivity index (χ2v) is 9.81. The lowest BCUT2D eigenvalue weighted by Gasteiger charge is -2.34. The van der Waals surface area contributed by atoms with E-state index in [0.29, 0.717) is 37.3 Å². The van der Waals surface area contributed by atoms with Crippen LogP contribution in [0.15, 0.2) is 44.7 Å². The fourth-order valence-electron chi connectivity index (χ4n) is 4.20. The predicted molar refractivity (Wildman–Crippen MR) is 116 cm³/mol. The second kappa shape index (κ2) is 7.65. The third kappa shape index (κ3) is 3.57. The number of hydrogen-bond acceptors (Lipinski definition) is 8. The van der Waals surface area contributed by atoms with E-state index in [2.05, 4.69) is 19.8 Å². The van der Waals surface area contributed by atoms with Crippen LogP contribution >= 0.6 is 0 Å². The van der Waals surface area contributed by atoms with Crippen molar-refractivity contribution in [3.63, 3.8) is 0 Å². The summed E-state index contributed by atoms with van der Waals surface area (Å²) >= 11 is 0. The van der Waals surface area contributed by atoms with Crippen molar-refractivity contribution >= 4 is 32.8 Å². The number of aryl methyl sites for hydroxylation is 1. The number of fused-ring (bicyclic) bond motifs is 1. The van der Waals surface area contributed by atoms with E-state index in [4.69, 9.17) is 4.42 Å². The number of oxazole rings is 1. The van der Waals surface area contributed by atoms with E-state index in [-0.39, 0.29) is 4.90 Å². The summed E-state index contributed by atoms with van der Waals surface area (Å²) in [5, 5.41) is 0. The third-order valence-electron chi connectivity index (χ3n) is 6.03. The quantitative estimate of drug-likeness (QED) is 0.588. The van der Waals surface area contributed by atoms with Gasteiger partial charge in [0.2, 0.25) is 10.0 Å². The molecule has 31 heavy (non-hydrogen) atoms. The van der Waals surface area contributed by atoms with Crippen molar-refractivity contribution in [1.82, 2.24) is 18.8 Å². The maximum Gasteiger partial charge on any atom is 0.419 e. The number of nitrogens with zero attached hydrogens (tertiary/aromatic N) is 6. The Morgan fingerprint density at radius 1 is 0.903 bits per heavy atom. The van der Waals surface area contributed by atoms with Crippen molar-refractivity contribution in [2.24, 2.45) is 7.05 Å². The molecule has 2 aromatic heterocycles. The van der Waals surface area contributed by atoms with Crippen LogP contribution in [0, 0.1) is 0 Å². The minimum Gasteiger partial charge on any atom is -0.408 e. The summed E-state index contributed by atoms with van der Waals surface area (Å²) in [4.78, 5) is 25.0. The summed E-state index contributed by atoms with van der Waals surface area (Å²) in [6, 6.07) is 6.50. The molecule has 0 spiro atoms. The first-order chi connectivity index (χ1) is 14.9. The summed E-state index contributed by atoms with van der Waals surface area (Å²) in [7, 11) is -2.12. The Hall–Kier alpha value is -2.92. The Morgan fingerprint density at radius 2 is 1.55 bits per heavy atom. The van der Waals surface area contributed by atoms with E-state index in [1.807, 2.05) is 6.07 Å². The zero-order valence-corrected chi connectivity index (χ0v) is 18.1. The van der Waals surface area contributed by atoms with E-state index in [0.717, 1.165) is 24.7 Å². The first-order valence-corrected chi connectivity index (χ1v) is 11.8. The van der Waals surface area contributed by atoms with Crippen molar-refractivity contribution in [3.05, 3.63) is 41.1 Å². The van der Waals surface area contributed by atoms with Gasteiger partial charge in [-0.05, 0) is 31.0 Å². The van der Waals surface area contributed by atoms with Gasteiger partial charge < -0.3 is 14.2 Å². The normalized spacial score (nSPS) is 18.2. The number of benzene rings is 1. The lowest BCUT2D eigenvalue weighted by atomic mass is 10.3. The molecule has 0 N–H and O–H groups in total. The molecule has 2 saturated heterocycles. The summed E-state index contributed by atoms with van der Waals surface area (Å²) in [6.07, 6.45) is 3.93. The molecule has 0 unspecified atom stereocenters. The summed E-state index contributed by atoms with van der Waals surface area (Å²) < 4.78 is 34.2. The molecule has 2 fully saturated rings. The van der Waals surface area contributed by atoms with E-state index in [1.54, 1.807) is 13.4 Å². The van der Waals surface area contributed by atoms with Gasteiger partial charge in [0.25, 0.3) is 0 Å². The van der Waals surface area contributed by atoms with Gasteiger partial charge in [-0.15, -0.1) is 0 Å². The standard InChI is InChI=1S/C20H24N6O4S/c1-23-16-12-15(4-5-17(16)30-20(23)27)31(28,29)26-10-8-25(9-11-26)19-13-18(21-14-22-19)24-6-2-3-7-24/h4-5,12-14H,2-3,6-11H2,1H3. The van der Waals surface area contributed by atoms with Crippen molar-refractivity contribution < 1.29 is 12.8 Å². The van der Waals surface area contributed by atoms with Crippen LogP contribution in [-0.4, -0.2) is 66.5 Å². The molecular formula is C20H24N6O4S. The van der Waals surface area contributed by atoms with Crippen LogP contribution in [0.4, 0.5) is 11.6 Å². The van der Waals surface area contributed by atoms with E-state index in [9.17, 15) is 13.2 Å². The predicted octanol–water partition coefficient (Wildman–Crippen LogP) is 1.03. The third-order valence-corrected chi connectivity index (χ3v) is 7.93. The van der Waals surface area contributed by atoms with Gasteiger partial charge in [0.1, 0.15) is 18.0 Å². The number of hydrogen-bond donors (Lipinski definition) is 0. The summed E-state index contributed by atoms with van der Waals surface area (Å²) in [6.45, 7) is 3.82. The second-order valence-electron chi connectivity index (χ2n) is 7.88. The highest BCUT2D eigenvalue weighted by molar-refractivity contribution is 7.89. The number of rotatable bonds is 4. The van der Waals surface area contributed by atoms with Crippen LogP contribution in [0.3, 0.4) is 0 Å². The van der Waals surface area contributed by atoms with Crippen molar-refractivity contribution in [1.29, 1.82) is 0 Å². The number of aromatic nitrogens is 3. The van der Waals surface area contributed by atoms with E-state index < -0.39 is 15.8 Å². The molecule has 0 atom stereocenters. The fraction of sp³-hybridized carbons (Fsp3) is 0.450. The molecule has 4 heterocycles. The molecule has 0 radical (unpaired) electrons. The number of sulfonamides is 1. The Kier molecular flexibility index (Phi) is 4.94. The summed E-state index contributed by atoms with van der Waals surface area (Å²) in [5.41, 5.74) is 0.828. The topological polar surface area (TPSA) is 105 Å². The van der Waals surface area contributed by atoms with E-state index in [1.165, 1.54) is 39.9 Å². The molecule has 0 amide bonds. The first-order valence-electron chi connectivity index (χ1n) is 10.4. The number of piperazine rings is 1. The molecular weight excluding hydrogens is 420 g/mol. The van der Waals surface area contributed by atoms with Gasteiger partial charge >= 0.3 is 5.76 Å². The SMILES string of the molecule is Cn1c(=O)oc2ccc(S(=O)(=O)N3CCN(c4cc(N5CCCC5)ncn4)CC3)cc21. The fourth-order valence-corrected chi connectivity index (χ4v) is 5.65. The minimum absolute atomic E-state index is 0.156. The summed E-state index contributed by atoms with van der Waals surface area (Å²) in [5.74, 6) is 1.23. The van der Waals surface area contributed by atoms with Crippen LogP contribution in [0.1, 0.15) is 12.8 Å². The van der Waals surface area contributed by atoms with Crippen LogP contribution < -0.4 is 15.6 Å². The molecule has 0 saturated carbocycles. The van der Waals surface area contributed by atoms with Crippen LogP contribution in [0.25, 0.3) is 11.1 Å². The molecule has 3 aromatic rings. The minimum atomic E-state index is -3.68. The molecule has 1 aromatic carbocycles. The van der Waals surface area contributed by atoms with Crippen molar-refractivity contribution in [3.8, 4) is 0 Å². The van der Waals surface area contributed by atoms with Crippen LogP contribution in [0.5, 0.6) is 0 Å². The van der Waals surface area contributed by atoms with Gasteiger partial charge in [-0.3, -0.25) is 4.57 Å². The molecule has 164 valence electrons. The molecule has 11 heteroatoms. The van der Waals surface area contributed by atoms with Crippen molar-refractivity contribution in [2.45, 2.75) is 17.7 Å². The van der Waals surface area contributed by atoms with Gasteiger partial charge in [0, 0.05) is 52.4 Å². The Balaban J connectivity index is 1.32. The Morgan fingerprint density at radius 3 is 2.23 bits per heavy atom. The van der Waals surface area contributed by atoms with E-state index >= 15 is 0 Å². The molecule has 5 rings (SSSR count). The molecule has 0 aliphatic carbocycles. The Bertz CT molecular complexity index is 1270. The molecule has 2 aliphatic rings.